The van der Waals surface area contributed by atoms with Crippen LogP contribution >= 0.6 is 0 Å². The predicted molar refractivity (Wildman–Crippen MR) is 87.1 cm³/mol. The number of hydrogen-bond donors (Lipinski definition) is 2. The fraction of sp³-hybridized carbons (Fsp3) is 0.278. The molecule has 4 heteroatoms. The van der Waals surface area contributed by atoms with Gasteiger partial charge in [-0.25, -0.2) is 4.79 Å². The Morgan fingerprint density at radius 2 is 1.86 bits per heavy atom. The summed E-state index contributed by atoms with van der Waals surface area (Å²) < 4.78 is 5.59. The molecule has 116 valence electrons. The highest BCUT2D eigenvalue weighted by atomic mass is 16.5. The Labute approximate surface area is 130 Å². The van der Waals surface area contributed by atoms with E-state index in [2.05, 4.69) is 5.32 Å². The van der Waals surface area contributed by atoms with Gasteiger partial charge in [0.05, 0.1) is 18.3 Å². The topological polar surface area (TPSA) is 58.6 Å². The molecule has 0 amide bonds. The van der Waals surface area contributed by atoms with Crippen LogP contribution in [0.15, 0.2) is 48.5 Å². The van der Waals surface area contributed by atoms with Crippen LogP contribution in [0.25, 0.3) is 0 Å². The number of carbonyl (C=O) groups is 1. The predicted octanol–water partition coefficient (Wildman–Crippen LogP) is 3.92. The largest absolute Gasteiger partial charge is 0.478 e. The van der Waals surface area contributed by atoms with Crippen molar-refractivity contribution in [2.75, 3.05) is 5.32 Å². The number of nitrogens with one attached hydrogen (secondary N) is 1. The fourth-order valence-electron chi connectivity index (χ4n) is 2.05. The van der Waals surface area contributed by atoms with E-state index >= 15 is 0 Å². The molecule has 2 aromatic rings. The summed E-state index contributed by atoms with van der Waals surface area (Å²) in [6.45, 7) is 5.19. The van der Waals surface area contributed by atoms with Gasteiger partial charge in [-0.2, -0.15) is 0 Å². The summed E-state index contributed by atoms with van der Waals surface area (Å²) in [7, 11) is 0. The molecule has 22 heavy (non-hydrogen) atoms. The molecule has 0 aliphatic rings. The molecular weight excluding hydrogens is 278 g/mol. The molecule has 0 saturated carbocycles. The molecule has 0 atom stereocenters. The molecule has 0 aliphatic heterocycles. The Bertz CT molecular complexity index is 638. The van der Waals surface area contributed by atoms with Crippen LogP contribution < -0.4 is 5.32 Å². The number of carboxylic acids is 1. The lowest BCUT2D eigenvalue weighted by Crippen LogP contribution is -2.04. The summed E-state index contributed by atoms with van der Waals surface area (Å²) >= 11 is 0. The molecule has 0 aliphatic carbocycles. The van der Waals surface area contributed by atoms with Gasteiger partial charge in [0.1, 0.15) is 0 Å². The molecule has 2 rings (SSSR count). The van der Waals surface area contributed by atoms with Crippen LogP contribution in [0.1, 0.15) is 35.3 Å². The van der Waals surface area contributed by atoms with Crippen LogP contribution in [0, 0.1) is 0 Å². The average Bonchev–Trinajstić information content (AvgIpc) is 2.51. The van der Waals surface area contributed by atoms with Gasteiger partial charge < -0.3 is 15.2 Å². The van der Waals surface area contributed by atoms with Gasteiger partial charge >= 0.3 is 5.97 Å². The van der Waals surface area contributed by atoms with Crippen molar-refractivity contribution >= 4 is 11.7 Å². The first-order chi connectivity index (χ1) is 10.5. The highest BCUT2D eigenvalue weighted by Crippen LogP contribution is 2.14. The van der Waals surface area contributed by atoms with E-state index in [9.17, 15) is 4.79 Å². The summed E-state index contributed by atoms with van der Waals surface area (Å²) in [5, 5.41) is 12.3. The van der Waals surface area contributed by atoms with Crippen molar-refractivity contribution in [2.24, 2.45) is 0 Å². The van der Waals surface area contributed by atoms with E-state index in [-0.39, 0.29) is 6.10 Å². The first-order valence-electron chi connectivity index (χ1n) is 7.31. The molecule has 2 aromatic carbocycles. The minimum atomic E-state index is -0.908. The van der Waals surface area contributed by atoms with Gasteiger partial charge in [-0.05, 0) is 49.2 Å². The molecule has 0 saturated heterocycles. The Morgan fingerprint density at radius 1 is 1.14 bits per heavy atom. The fourth-order valence-corrected chi connectivity index (χ4v) is 2.05. The Morgan fingerprint density at radius 3 is 2.59 bits per heavy atom. The van der Waals surface area contributed by atoms with Gasteiger partial charge in [0.15, 0.2) is 0 Å². The van der Waals surface area contributed by atoms with Crippen LogP contribution in [0.4, 0.5) is 5.69 Å². The van der Waals surface area contributed by atoms with E-state index in [1.807, 2.05) is 44.2 Å². The van der Waals surface area contributed by atoms with Crippen molar-refractivity contribution in [2.45, 2.75) is 33.1 Å². The van der Waals surface area contributed by atoms with E-state index in [1.54, 1.807) is 18.2 Å². The summed E-state index contributed by atoms with van der Waals surface area (Å²) in [6.07, 6.45) is 0.204. The zero-order chi connectivity index (χ0) is 15.9. The lowest BCUT2D eigenvalue weighted by Gasteiger charge is -2.11. The minimum absolute atomic E-state index is 0.204. The molecule has 4 nitrogen and oxygen atoms in total. The first kappa shape index (κ1) is 16.0. The van der Waals surface area contributed by atoms with Gasteiger partial charge in [-0.15, -0.1) is 0 Å². The third-order valence-electron chi connectivity index (χ3n) is 3.18. The molecule has 0 radical (unpaired) electrons. The second-order valence-corrected chi connectivity index (χ2v) is 5.42. The molecule has 0 spiro atoms. The van der Waals surface area contributed by atoms with E-state index in [0.29, 0.717) is 18.7 Å². The van der Waals surface area contributed by atoms with Gasteiger partial charge in [0.2, 0.25) is 0 Å². The third-order valence-corrected chi connectivity index (χ3v) is 3.18. The third kappa shape index (κ3) is 4.90. The maximum atomic E-state index is 11.0. The average molecular weight is 299 g/mol. The molecule has 0 heterocycles. The molecule has 0 unspecified atom stereocenters. The van der Waals surface area contributed by atoms with E-state index in [0.717, 1.165) is 16.8 Å². The van der Waals surface area contributed by atoms with Crippen LogP contribution in [0.2, 0.25) is 0 Å². The molecule has 0 bridgehead atoms. The second kappa shape index (κ2) is 7.61. The summed E-state index contributed by atoms with van der Waals surface area (Å²) in [5.41, 5.74) is 3.34. The van der Waals surface area contributed by atoms with Gasteiger partial charge in [-0.1, -0.05) is 24.3 Å². The minimum Gasteiger partial charge on any atom is -0.478 e. The highest BCUT2D eigenvalue weighted by molar-refractivity contribution is 5.87. The molecule has 0 aromatic heterocycles. The van der Waals surface area contributed by atoms with Crippen molar-refractivity contribution in [1.29, 1.82) is 0 Å². The van der Waals surface area contributed by atoms with E-state index in [1.165, 1.54) is 0 Å². The number of anilines is 1. The SMILES string of the molecule is CC(C)OCc1cccc(NCc2cccc(C(=O)O)c2)c1. The normalized spacial score (nSPS) is 10.7. The summed E-state index contributed by atoms with van der Waals surface area (Å²) in [5.74, 6) is -0.908. The number of hydrogen-bond acceptors (Lipinski definition) is 3. The van der Waals surface area contributed by atoms with Gasteiger partial charge in [-0.3, -0.25) is 0 Å². The first-order valence-corrected chi connectivity index (χ1v) is 7.31. The van der Waals surface area contributed by atoms with Crippen molar-refractivity contribution in [3.63, 3.8) is 0 Å². The van der Waals surface area contributed by atoms with Crippen LogP contribution in [0.5, 0.6) is 0 Å². The maximum Gasteiger partial charge on any atom is 0.335 e. The number of rotatable bonds is 7. The summed E-state index contributed by atoms with van der Waals surface area (Å²) in [4.78, 5) is 11.0. The smallest absolute Gasteiger partial charge is 0.335 e. The van der Waals surface area contributed by atoms with Gasteiger partial charge in [0, 0.05) is 12.2 Å². The number of benzene rings is 2. The molecule has 2 N–H and O–H groups in total. The Hall–Kier alpha value is -2.33. The highest BCUT2D eigenvalue weighted by Gasteiger charge is 2.03. The summed E-state index contributed by atoms with van der Waals surface area (Å²) in [6, 6.07) is 15.0. The van der Waals surface area contributed by atoms with Crippen molar-refractivity contribution in [3.8, 4) is 0 Å². The zero-order valence-electron chi connectivity index (χ0n) is 12.9. The molecular formula is C18H21NO3. The number of carboxylic acid groups (broad SMARTS) is 1. The monoisotopic (exact) mass is 299 g/mol. The van der Waals surface area contributed by atoms with Crippen LogP contribution in [-0.4, -0.2) is 17.2 Å². The number of aromatic carboxylic acids is 1. The maximum absolute atomic E-state index is 11.0. The quantitative estimate of drug-likeness (QED) is 0.813. The molecule has 0 fully saturated rings. The second-order valence-electron chi connectivity index (χ2n) is 5.42. The van der Waals surface area contributed by atoms with Crippen LogP contribution in [0.3, 0.4) is 0 Å². The van der Waals surface area contributed by atoms with Crippen molar-refractivity contribution in [3.05, 3.63) is 65.2 Å². The van der Waals surface area contributed by atoms with Crippen molar-refractivity contribution in [1.82, 2.24) is 0 Å². The number of ether oxygens (including phenoxy) is 1. The lowest BCUT2D eigenvalue weighted by molar-refractivity contribution is 0.0657. The zero-order valence-corrected chi connectivity index (χ0v) is 12.9. The van der Waals surface area contributed by atoms with Crippen molar-refractivity contribution < 1.29 is 14.6 Å². The van der Waals surface area contributed by atoms with E-state index in [4.69, 9.17) is 9.84 Å². The van der Waals surface area contributed by atoms with Crippen LogP contribution in [-0.2, 0) is 17.9 Å². The Kier molecular flexibility index (Phi) is 5.55. The standard InChI is InChI=1S/C18H21NO3/c1-13(2)22-12-15-6-4-8-17(10-15)19-11-14-5-3-7-16(9-14)18(20)21/h3-10,13,19H,11-12H2,1-2H3,(H,20,21). The Balaban J connectivity index is 1.98. The van der Waals surface area contributed by atoms with E-state index < -0.39 is 5.97 Å². The lowest BCUT2D eigenvalue weighted by atomic mass is 10.1. The van der Waals surface area contributed by atoms with Gasteiger partial charge in [0.25, 0.3) is 0 Å².